The Labute approximate surface area is 206 Å². The second kappa shape index (κ2) is 10.5. The van der Waals surface area contributed by atoms with Crippen molar-refractivity contribution in [3.63, 3.8) is 0 Å². The first-order valence-corrected chi connectivity index (χ1v) is 11.2. The number of likely N-dealkylation sites (tertiary alicyclic amines) is 1. The van der Waals surface area contributed by atoms with E-state index < -0.39 is 6.36 Å². The average molecular weight is 490 g/mol. The highest BCUT2D eigenvalue weighted by molar-refractivity contribution is 5.94. The smallest absolute Gasteiger partial charge is 0.406 e. The minimum Gasteiger partial charge on any atom is -0.406 e. The summed E-state index contributed by atoms with van der Waals surface area (Å²) in [5.41, 5.74) is 3.05. The molecule has 1 heterocycles. The molecule has 2 unspecified atom stereocenters. The summed E-state index contributed by atoms with van der Waals surface area (Å²) in [5, 5.41) is 21.1. The van der Waals surface area contributed by atoms with Crippen molar-refractivity contribution in [1.29, 1.82) is 10.5 Å². The fourth-order valence-corrected chi connectivity index (χ4v) is 4.31. The molecule has 1 aliphatic heterocycles. The zero-order valence-electron chi connectivity index (χ0n) is 19.0. The Morgan fingerprint density at radius 3 is 1.97 bits per heavy atom. The van der Waals surface area contributed by atoms with E-state index >= 15 is 0 Å². The van der Waals surface area contributed by atoms with Crippen LogP contribution in [0.25, 0.3) is 0 Å². The van der Waals surface area contributed by atoms with Crippen LogP contribution in [0, 0.1) is 22.7 Å². The molecular formula is C27H21F3N4O2. The van der Waals surface area contributed by atoms with Crippen LogP contribution in [0.1, 0.15) is 45.1 Å². The Morgan fingerprint density at radius 2 is 1.44 bits per heavy atom. The lowest BCUT2D eigenvalue weighted by Gasteiger charge is -2.29. The van der Waals surface area contributed by atoms with Gasteiger partial charge >= 0.3 is 6.36 Å². The number of ether oxygens (including phenoxy) is 1. The number of nitrogens with zero attached hydrogens (tertiary/aromatic N) is 3. The van der Waals surface area contributed by atoms with E-state index in [0.29, 0.717) is 36.2 Å². The first kappa shape index (κ1) is 24.8. The van der Waals surface area contributed by atoms with Gasteiger partial charge in [-0.2, -0.15) is 10.5 Å². The predicted octanol–water partition coefficient (Wildman–Crippen LogP) is 4.92. The molecular weight excluding hydrogens is 469 g/mol. The Hall–Kier alpha value is -4.34. The van der Waals surface area contributed by atoms with Crippen LogP contribution in [0.2, 0.25) is 0 Å². The molecule has 1 saturated heterocycles. The third-order valence-corrected chi connectivity index (χ3v) is 5.98. The predicted molar refractivity (Wildman–Crippen MR) is 125 cm³/mol. The molecule has 3 aromatic rings. The molecule has 0 radical (unpaired) electrons. The van der Waals surface area contributed by atoms with Gasteiger partial charge in [-0.25, -0.2) is 0 Å². The highest BCUT2D eigenvalue weighted by Gasteiger charge is 2.33. The number of halogens is 3. The molecule has 1 aliphatic rings. The van der Waals surface area contributed by atoms with Crippen molar-refractivity contribution in [2.24, 2.45) is 0 Å². The van der Waals surface area contributed by atoms with E-state index in [1.807, 2.05) is 18.2 Å². The van der Waals surface area contributed by atoms with Crippen molar-refractivity contribution >= 4 is 5.91 Å². The van der Waals surface area contributed by atoms with E-state index in [2.05, 4.69) is 21.0 Å². The Balaban J connectivity index is 1.53. The maximum absolute atomic E-state index is 12.7. The van der Waals surface area contributed by atoms with Crippen molar-refractivity contribution in [3.05, 3.63) is 101 Å². The fourth-order valence-electron chi connectivity index (χ4n) is 4.31. The number of nitrogens with one attached hydrogen (secondary N) is 1. The average Bonchev–Trinajstić information content (AvgIpc) is 3.32. The number of nitriles is 2. The van der Waals surface area contributed by atoms with E-state index in [1.54, 1.807) is 48.5 Å². The molecule has 182 valence electrons. The molecule has 1 N–H and O–H groups in total. The van der Waals surface area contributed by atoms with Gasteiger partial charge in [-0.1, -0.05) is 24.3 Å². The normalized spacial score (nSPS) is 16.5. The van der Waals surface area contributed by atoms with Crippen LogP contribution >= 0.6 is 0 Å². The second-order valence-electron chi connectivity index (χ2n) is 8.40. The summed E-state index contributed by atoms with van der Waals surface area (Å²) in [6, 6.07) is 22.8. The van der Waals surface area contributed by atoms with Crippen LogP contribution in [0.4, 0.5) is 13.2 Å². The fraction of sp³-hybridized carbons (Fsp3) is 0.222. The lowest BCUT2D eigenvalue weighted by atomic mass is 9.96. The zero-order valence-corrected chi connectivity index (χ0v) is 19.0. The summed E-state index contributed by atoms with van der Waals surface area (Å²) in [4.78, 5) is 14.8. The lowest BCUT2D eigenvalue weighted by Crippen LogP contribution is -2.38. The third kappa shape index (κ3) is 6.01. The van der Waals surface area contributed by atoms with Gasteiger partial charge in [0.1, 0.15) is 5.75 Å². The van der Waals surface area contributed by atoms with Crippen molar-refractivity contribution in [2.75, 3.05) is 13.1 Å². The van der Waals surface area contributed by atoms with Gasteiger partial charge in [-0.05, 0) is 66.1 Å². The number of amides is 1. The summed E-state index contributed by atoms with van der Waals surface area (Å²) in [6.07, 6.45) is -4.09. The Bertz CT molecular complexity index is 1290. The maximum atomic E-state index is 12.7. The Morgan fingerprint density at radius 1 is 0.917 bits per heavy atom. The lowest BCUT2D eigenvalue weighted by molar-refractivity contribution is -0.274. The highest BCUT2D eigenvalue weighted by Crippen LogP contribution is 2.33. The monoisotopic (exact) mass is 490 g/mol. The molecule has 3 aromatic carbocycles. The van der Waals surface area contributed by atoms with Gasteiger partial charge in [0.05, 0.1) is 29.3 Å². The summed E-state index contributed by atoms with van der Waals surface area (Å²) < 4.78 is 41.8. The van der Waals surface area contributed by atoms with Crippen LogP contribution in [0.5, 0.6) is 5.75 Å². The Kier molecular flexibility index (Phi) is 7.23. The minimum atomic E-state index is -4.77. The summed E-state index contributed by atoms with van der Waals surface area (Å²) in [6.45, 7) is 1.16. The first-order chi connectivity index (χ1) is 17.3. The molecule has 6 nitrogen and oxygen atoms in total. The van der Waals surface area contributed by atoms with Gasteiger partial charge in [-0.15, -0.1) is 13.2 Å². The topological polar surface area (TPSA) is 89.2 Å². The van der Waals surface area contributed by atoms with Gasteiger partial charge in [0, 0.05) is 24.7 Å². The maximum Gasteiger partial charge on any atom is 0.573 e. The molecule has 0 spiro atoms. The van der Waals surface area contributed by atoms with Gasteiger partial charge in [0.25, 0.3) is 5.91 Å². The van der Waals surface area contributed by atoms with Crippen molar-refractivity contribution in [1.82, 2.24) is 10.2 Å². The molecule has 0 aliphatic carbocycles. The number of rotatable bonds is 6. The van der Waals surface area contributed by atoms with Crippen LogP contribution in [-0.2, 0) is 0 Å². The molecule has 1 amide bonds. The number of benzene rings is 3. The minimum absolute atomic E-state index is 0.137. The van der Waals surface area contributed by atoms with Crippen LogP contribution in [0.15, 0.2) is 72.8 Å². The van der Waals surface area contributed by atoms with Crippen molar-refractivity contribution < 1.29 is 22.7 Å². The summed E-state index contributed by atoms with van der Waals surface area (Å²) in [5.74, 6) is -0.547. The molecule has 0 bridgehead atoms. The molecule has 4 rings (SSSR count). The third-order valence-electron chi connectivity index (χ3n) is 5.98. The number of carbonyl (C=O) groups excluding carboxylic acids is 1. The molecule has 2 atom stereocenters. The highest BCUT2D eigenvalue weighted by atomic mass is 19.4. The van der Waals surface area contributed by atoms with E-state index in [0.717, 1.165) is 11.1 Å². The van der Waals surface area contributed by atoms with Gasteiger partial charge in [-0.3, -0.25) is 9.69 Å². The van der Waals surface area contributed by atoms with Gasteiger partial charge in [0.2, 0.25) is 0 Å². The quantitative estimate of drug-likeness (QED) is 0.530. The SMILES string of the molecule is N#Cc1ccc(C(=O)NC2CCN(C(c3ccc(C#N)cc3)c3ccc(OC(F)(F)F)cc3)C2)cc1. The van der Waals surface area contributed by atoms with Gasteiger partial charge < -0.3 is 10.1 Å². The van der Waals surface area contributed by atoms with Crippen LogP contribution in [0.3, 0.4) is 0 Å². The number of hydrogen-bond acceptors (Lipinski definition) is 5. The molecule has 36 heavy (non-hydrogen) atoms. The molecule has 0 aromatic heterocycles. The molecule has 1 fully saturated rings. The van der Waals surface area contributed by atoms with Gasteiger partial charge in [0.15, 0.2) is 0 Å². The summed E-state index contributed by atoms with van der Waals surface area (Å²) in [7, 11) is 0. The van der Waals surface area contributed by atoms with E-state index in [4.69, 9.17) is 10.5 Å². The van der Waals surface area contributed by atoms with Crippen molar-refractivity contribution in [2.45, 2.75) is 24.9 Å². The van der Waals surface area contributed by atoms with E-state index in [-0.39, 0.29) is 23.7 Å². The standard InChI is InChI=1S/C27H21F3N4O2/c28-27(29,30)36-24-11-9-21(10-12-24)25(20-5-1-18(15-31)2-6-20)34-14-13-23(17-34)33-26(35)22-7-3-19(16-32)4-8-22/h1-12,23,25H,13-14,17H2,(H,33,35). The van der Waals surface area contributed by atoms with Crippen molar-refractivity contribution in [3.8, 4) is 17.9 Å². The van der Waals surface area contributed by atoms with E-state index in [1.165, 1.54) is 12.1 Å². The number of carbonyl (C=O) groups is 1. The van der Waals surface area contributed by atoms with E-state index in [9.17, 15) is 18.0 Å². The number of alkyl halides is 3. The molecule has 9 heteroatoms. The van der Waals surface area contributed by atoms with Crippen LogP contribution in [-0.4, -0.2) is 36.3 Å². The first-order valence-electron chi connectivity index (χ1n) is 11.2. The second-order valence-corrected chi connectivity index (χ2v) is 8.40. The zero-order chi connectivity index (χ0) is 25.7. The van der Waals surface area contributed by atoms with Crippen LogP contribution < -0.4 is 10.1 Å². The largest absolute Gasteiger partial charge is 0.573 e. The number of hydrogen-bond donors (Lipinski definition) is 1. The molecule has 0 saturated carbocycles. The summed E-state index contributed by atoms with van der Waals surface area (Å²) >= 11 is 0.